The summed E-state index contributed by atoms with van der Waals surface area (Å²) in [5, 5.41) is 2.93. The third kappa shape index (κ3) is 5.81. The predicted octanol–water partition coefficient (Wildman–Crippen LogP) is 3.85. The number of hydrogen-bond donors (Lipinski definition) is 1. The van der Waals surface area contributed by atoms with Gasteiger partial charge in [-0.1, -0.05) is 26.0 Å². The first-order chi connectivity index (χ1) is 12.5. The Bertz CT molecular complexity index is 697. The standard InChI is InChI=1S/C20H31N3O3/c1-5-25-13-8-12-23-18-10-7-6-9-17(18)21-20(23)22-19(24)16(4)26-14-11-15(2)3/h6-7,9-10,15-16H,5,8,11-14H2,1-4H3,(H,21,22,24). The number of amides is 1. The van der Waals surface area contributed by atoms with Crippen molar-refractivity contribution < 1.29 is 14.3 Å². The number of para-hydroxylation sites is 2. The molecule has 0 saturated heterocycles. The van der Waals surface area contributed by atoms with E-state index in [9.17, 15) is 4.79 Å². The Morgan fingerprint density at radius 3 is 2.73 bits per heavy atom. The average molecular weight is 361 g/mol. The highest BCUT2D eigenvalue weighted by Gasteiger charge is 2.18. The summed E-state index contributed by atoms with van der Waals surface area (Å²) in [6, 6.07) is 7.89. The molecule has 1 atom stereocenters. The Labute approximate surface area is 155 Å². The van der Waals surface area contributed by atoms with Crippen LogP contribution in [0, 0.1) is 5.92 Å². The first-order valence-corrected chi connectivity index (χ1v) is 9.48. The zero-order chi connectivity index (χ0) is 18.9. The van der Waals surface area contributed by atoms with Gasteiger partial charge in [-0.25, -0.2) is 4.98 Å². The average Bonchev–Trinajstić information content (AvgIpc) is 2.95. The Hall–Kier alpha value is -1.92. The van der Waals surface area contributed by atoms with Gasteiger partial charge in [0.25, 0.3) is 5.91 Å². The molecular formula is C20H31N3O3. The molecule has 1 aromatic heterocycles. The number of nitrogens with one attached hydrogen (secondary N) is 1. The second-order valence-electron chi connectivity index (χ2n) is 6.81. The number of rotatable bonds is 11. The maximum Gasteiger partial charge on any atom is 0.255 e. The summed E-state index contributed by atoms with van der Waals surface area (Å²) in [6.45, 7) is 10.7. The van der Waals surface area contributed by atoms with Crippen LogP contribution in [0.25, 0.3) is 11.0 Å². The van der Waals surface area contributed by atoms with Crippen LogP contribution in [-0.4, -0.2) is 41.4 Å². The Balaban J connectivity index is 2.05. The number of hydrogen-bond acceptors (Lipinski definition) is 4. The number of carbonyl (C=O) groups is 1. The zero-order valence-corrected chi connectivity index (χ0v) is 16.3. The molecule has 1 N–H and O–H groups in total. The fourth-order valence-corrected chi connectivity index (χ4v) is 2.63. The van der Waals surface area contributed by atoms with Crippen molar-refractivity contribution in [1.82, 2.24) is 9.55 Å². The smallest absolute Gasteiger partial charge is 0.255 e. The highest BCUT2D eigenvalue weighted by Crippen LogP contribution is 2.20. The van der Waals surface area contributed by atoms with Crippen molar-refractivity contribution >= 4 is 22.9 Å². The highest BCUT2D eigenvalue weighted by molar-refractivity contribution is 5.94. The van der Waals surface area contributed by atoms with Crippen molar-refractivity contribution in [3.63, 3.8) is 0 Å². The molecule has 144 valence electrons. The third-order valence-electron chi connectivity index (χ3n) is 4.20. The molecule has 1 amide bonds. The molecule has 1 unspecified atom stereocenters. The molecule has 0 spiro atoms. The quantitative estimate of drug-likeness (QED) is 0.617. The molecule has 26 heavy (non-hydrogen) atoms. The van der Waals surface area contributed by atoms with Crippen molar-refractivity contribution in [1.29, 1.82) is 0 Å². The summed E-state index contributed by atoms with van der Waals surface area (Å²) in [4.78, 5) is 17.1. The lowest BCUT2D eigenvalue weighted by atomic mass is 10.1. The molecule has 0 fully saturated rings. The molecule has 6 heteroatoms. The maximum atomic E-state index is 12.5. The van der Waals surface area contributed by atoms with Crippen LogP contribution in [0.3, 0.4) is 0 Å². The van der Waals surface area contributed by atoms with Crippen LogP contribution >= 0.6 is 0 Å². The lowest BCUT2D eigenvalue weighted by Gasteiger charge is -2.15. The molecule has 1 heterocycles. The van der Waals surface area contributed by atoms with E-state index in [0.717, 1.165) is 30.4 Å². The van der Waals surface area contributed by atoms with Gasteiger partial charge >= 0.3 is 0 Å². The van der Waals surface area contributed by atoms with Gasteiger partial charge in [0.1, 0.15) is 6.10 Å². The topological polar surface area (TPSA) is 65.4 Å². The predicted molar refractivity (Wildman–Crippen MR) is 104 cm³/mol. The minimum atomic E-state index is -0.509. The van der Waals surface area contributed by atoms with E-state index in [2.05, 4.69) is 24.1 Å². The Morgan fingerprint density at radius 1 is 1.23 bits per heavy atom. The number of aromatic nitrogens is 2. The molecule has 0 aliphatic carbocycles. The lowest BCUT2D eigenvalue weighted by molar-refractivity contribution is -0.126. The van der Waals surface area contributed by atoms with Crippen LogP contribution in [0.2, 0.25) is 0 Å². The van der Waals surface area contributed by atoms with Crippen LogP contribution in [0.15, 0.2) is 24.3 Å². The van der Waals surface area contributed by atoms with E-state index in [-0.39, 0.29) is 5.91 Å². The molecule has 2 aromatic rings. The van der Waals surface area contributed by atoms with Crippen LogP contribution in [0.4, 0.5) is 5.95 Å². The van der Waals surface area contributed by atoms with Gasteiger partial charge in [-0.2, -0.15) is 0 Å². The number of anilines is 1. The molecule has 0 radical (unpaired) electrons. The number of ether oxygens (including phenoxy) is 2. The summed E-state index contributed by atoms with van der Waals surface area (Å²) in [5.74, 6) is 0.946. The van der Waals surface area contributed by atoms with Gasteiger partial charge in [-0.05, 0) is 44.7 Å². The van der Waals surface area contributed by atoms with Crippen LogP contribution in [0.1, 0.15) is 40.5 Å². The molecule has 0 aliphatic rings. The van der Waals surface area contributed by atoms with E-state index in [1.807, 2.05) is 35.8 Å². The van der Waals surface area contributed by atoms with Gasteiger partial charge in [-0.15, -0.1) is 0 Å². The van der Waals surface area contributed by atoms with E-state index in [4.69, 9.17) is 9.47 Å². The van der Waals surface area contributed by atoms with Gasteiger partial charge in [-0.3, -0.25) is 10.1 Å². The number of imidazole rings is 1. The van der Waals surface area contributed by atoms with Gasteiger partial charge < -0.3 is 14.0 Å². The Kier molecular flexibility index (Phi) is 8.06. The highest BCUT2D eigenvalue weighted by atomic mass is 16.5. The molecule has 0 bridgehead atoms. The molecule has 0 saturated carbocycles. The fourth-order valence-electron chi connectivity index (χ4n) is 2.63. The number of nitrogens with zero attached hydrogens (tertiary/aromatic N) is 2. The minimum Gasteiger partial charge on any atom is -0.382 e. The van der Waals surface area contributed by atoms with E-state index >= 15 is 0 Å². The van der Waals surface area contributed by atoms with Gasteiger partial charge in [0.05, 0.1) is 11.0 Å². The molecule has 0 aliphatic heterocycles. The fraction of sp³-hybridized carbons (Fsp3) is 0.600. The van der Waals surface area contributed by atoms with Gasteiger partial charge in [0.2, 0.25) is 5.95 Å². The number of carbonyl (C=O) groups excluding carboxylic acids is 1. The summed E-state index contributed by atoms with van der Waals surface area (Å²) in [6.07, 6.45) is 1.29. The van der Waals surface area contributed by atoms with Crippen LogP contribution in [-0.2, 0) is 20.8 Å². The van der Waals surface area contributed by atoms with Crippen molar-refractivity contribution in [3.05, 3.63) is 24.3 Å². The molecule has 6 nitrogen and oxygen atoms in total. The largest absolute Gasteiger partial charge is 0.382 e. The SMILES string of the molecule is CCOCCCn1c(NC(=O)C(C)OCCC(C)C)nc2ccccc21. The van der Waals surface area contributed by atoms with E-state index in [0.29, 0.717) is 31.7 Å². The van der Waals surface area contributed by atoms with Crippen molar-refractivity contribution in [2.45, 2.75) is 53.2 Å². The van der Waals surface area contributed by atoms with E-state index in [1.165, 1.54) is 0 Å². The van der Waals surface area contributed by atoms with Crippen molar-refractivity contribution in [2.75, 3.05) is 25.1 Å². The van der Waals surface area contributed by atoms with Crippen LogP contribution in [0.5, 0.6) is 0 Å². The summed E-state index contributed by atoms with van der Waals surface area (Å²) in [7, 11) is 0. The summed E-state index contributed by atoms with van der Waals surface area (Å²) < 4.78 is 13.1. The minimum absolute atomic E-state index is 0.171. The second-order valence-corrected chi connectivity index (χ2v) is 6.81. The number of benzene rings is 1. The lowest BCUT2D eigenvalue weighted by Crippen LogP contribution is -2.29. The molecular weight excluding hydrogens is 330 g/mol. The van der Waals surface area contributed by atoms with Crippen LogP contribution < -0.4 is 5.32 Å². The zero-order valence-electron chi connectivity index (χ0n) is 16.3. The Morgan fingerprint density at radius 2 is 2.00 bits per heavy atom. The summed E-state index contributed by atoms with van der Waals surface area (Å²) in [5.41, 5.74) is 1.88. The number of aryl methyl sites for hydroxylation is 1. The monoisotopic (exact) mass is 361 g/mol. The van der Waals surface area contributed by atoms with E-state index in [1.54, 1.807) is 6.92 Å². The van der Waals surface area contributed by atoms with Crippen molar-refractivity contribution in [2.24, 2.45) is 5.92 Å². The third-order valence-corrected chi connectivity index (χ3v) is 4.20. The molecule has 2 rings (SSSR count). The second kappa shape index (κ2) is 10.3. The first-order valence-electron chi connectivity index (χ1n) is 9.48. The van der Waals surface area contributed by atoms with Crippen molar-refractivity contribution in [3.8, 4) is 0 Å². The number of fused-ring (bicyclic) bond motifs is 1. The molecule has 1 aromatic carbocycles. The van der Waals surface area contributed by atoms with E-state index < -0.39 is 6.10 Å². The summed E-state index contributed by atoms with van der Waals surface area (Å²) >= 11 is 0. The van der Waals surface area contributed by atoms with Gasteiger partial charge in [0, 0.05) is 26.4 Å². The maximum absolute atomic E-state index is 12.5. The van der Waals surface area contributed by atoms with Gasteiger partial charge in [0.15, 0.2) is 0 Å². The first kappa shape index (κ1) is 20.4. The normalized spacial score (nSPS) is 12.7.